The lowest BCUT2D eigenvalue weighted by atomic mass is 10.1. The average Bonchev–Trinajstić information content (AvgIpc) is 2.37. The number of pyridine rings is 1. The summed E-state index contributed by atoms with van der Waals surface area (Å²) in [5.41, 5.74) is -0.520. The zero-order chi connectivity index (χ0) is 15.6. The van der Waals surface area contributed by atoms with Crippen molar-refractivity contribution in [2.24, 2.45) is 0 Å². The maximum atomic E-state index is 13.2. The number of anilines is 1. The Hall–Kier alpha value is -2.08. The first-order valence-electron chi connectivity index (χ1n) is 5.72. The summed E-state index contributed by atoms with van der Waals surface area (Å²) >= 11 is 5.70. The van der Waals surface area contributed by atoms with Gasteiger partial charge in [-0.2, -0.15) is 13.2 Å². The molecule has 0 aliphatic carbocycles. The molecule has 0 saturated carbocycles. The SMILES string of the molecule is C=C(Nc1ccnc(Cl)c1)c1ccc(F)c(C(F)(F)F)c1. The number of benzene rings is 1. The zero-order valence-electron chi connectivity index (χ0n) is 10.5. The van der Waals surface area contributed by atoms with Crippen LogP contribution in [0.1, 0.15) is 11.1 Å². The lowest BCUT2D eigenvalue weighted by Crippen LogP contribution is -2.09. The van der Waals surface area contributed by atoms with E-state index in [1.54, 1.807) is 6.07 Å². The Morgan fingerprint density at radius 1 is 1.19 bits per heavy atom. The summed E-state index contributed by atoms with van der Waals surface area (Å²) in [6.07, 6.45) is -3.33. The molecule has 110 valence electrons. The Balaban J connectivity index is 2.28. The van der Waals surface area contributed by atoms with Crippen molar-refractivity contribution in [3.63, 3.8) is 0 Å². The molecule has 0 amide bonds. The normalized spacial score (nSPS) is 11.3. The first-order valence-corrected chi connectivity index (χ1v) is 6.10. The van der Waals surface area contributed by atoms with Crippen LogP contribution in [0.3, 0.4) is 0 Å². The predicted octanol–water partition coefficient (Wildman–Crippen LogP) is 4.98. The molecule has 0 radical (unpaired) electrons. The highest BCUT2D eigenvalue weighted by Gasteiger charge is 2.34. The molecule has 1 N–H and O–H groups in total. The molecule has 0 saturated heterocycles. The van der Waals surface area contributed by atoms with Crippen LogP contribution in [0.15, 0.2) is 43.1 Å². The number of nitrogens with one attached hydrogen (secondary N) is 1. The van der Waals surface area contributed by atoms with Gasteiger partial charge in [-0.1, -0.05) is 18.2 Å². The van der Waals surface area contributed by atoms with Gasteiger partial charge in [-0.05, 0) is 35.9 Å². The fraction of sp³-hybridized carbons (Fsp3) is 0.0714. The third-order valence-electron chi connectivity index (χ3n) is 2.64. The van der Waals surface area contributed by atoms with Gasteiger partial charge < -0.3 is 5.32 Å². The van der Waals surface area contributed by atoms with Gasteiger partial charge >= 0.3 is 6.18 Å². The Bertz CT molecular complexity index is 683. The molecule has 1 aromatic heterocycles. The molecule has 1 heterocycles. The van der Waals surface area contributed by atoms with Crippen LogP contribution in [0.2, 0.25) is 5.15 Å². The highest BCUT2D eigenvalue weighted by atomic mass is 35.5. The van der Waals surface area contributed by atoms with Gasteiger partial charge in [-0.25, -0.2) is 9.37 Å². The molecule has 7 heteroatoms. The lowest BCUT2D eigenvalue weighted by Gasteiger charge is -2.13. The maximum absolute atomic E-state index is 13.2. The second-order valence-electron chi connectivity index (χ2n) is 4.16. The number of hydrogen-bond acceptors (Lipinski definition) is 2. The molecule has 0 atom stereocenters. The highest BCUT2D eigenvalue weighted by Crippen LogP contribution is 2.33. The van der Waals surface area contributed by atoms with Crippen molar-refractivity contribution in [3.8, 4) is 0 Å². The fourth-order valence-corrected chi connectivity index (χ4v) is 1.83. The monoisotopic (exact) mass is 316 g/mol. The zero-order valence-corrected chi connectivity index (χ0v) is 11.3. The minimum absolute atomic E-state index is 0.122. The van der Waals surface area contributed by atoms with Crippen molar-refractivity contribution in [3.05, 3.63) is 65.2 Å². The van der Waals surface area contributed by atoms with E-state index >= 15 is 0 Å². The standard InChI is InChI=1S/C14H9ClF4N2/c1-8(21-10-4-5-20-13(15)7-10)9-2-3-12(16)11(6-9)14(17,18)19/h2-7H,1H2,(H,20,21). The topological polar surface area (TPSA) is 24.9 Å². The largest absolute Gasteiger partial charge is 0.419 e. The Morgan fingerprint density at radius 2 is 1.90 bits per heavy atom. The van der Waals surface area contributed by atoms with Gasteiger partial charge in [0, 0.05) is 17.6 Å². The molecule has 0 bridgehead atoms. The van der Waals surface area contributed by atoms with E-state index in [0.29, 0.717) is 11.8 Å². The van der Waals surface area contributed by atoms with Crippen LogP contribution in [-0.4, -0.2) is 4.98 Å². The first-order chi connectivity index (χ1) is 9.77. The summed E-state index contributed by atoms with van der Waals surface area (Å²) < 4.78 is 51.2. The van der Waals surface area contributed by atoms with Gasteiger partial charge in [0.25, 0.3) is 0 Å². The molecular formula is C14H9ClF4N2. The summed E-state index contributed by atoms with van der Waals surface area (Å²) in [7, 11) is 0. The molecule has 2 nitrogen and oxygen atoms in total. The van der Waals surface area contributed by atoms with E-state index in [-0.39, 0.29) is 16.4 Å². The summed E-state index contributed by atoms with van der Waals surface area (Å²) in [4.78, 5) is 3.78. The van der Waals surface area contributed by atoms with Gasteiger partial charge in [-0.3, -0.25) is 0 Å². The minimum Gasteiger partial charge on any atom is -0.355 e. The van der Waals surface area contributed by atoms with Crippen LogP contribution in [0, 0.1) is 5.82 Å². The first kappa shape index (κ1) is 15.3. The van der Waals surface area contributed by atoms with E-state index in [2.05, 4.69) is 16.9 Å². The Kier molecular flexibility index (Phi) is 4.18. The summed E-state index contributed by atoms with van der Waals surface area (Å²) in [5.74, 6) is -1.33. The van der Waals surface area contributed by atoms with E-state index < -0.39 is 17.6 Å². The molecule has 21 heavy (non-hydrogen) atoms. The van der Waals surface area contributed by atoms with Gasteiger partial charge in [-0.15, -0.1) is 0 Å². The number of hydrogen-bond donors (Lipinski definition) is 1. The van der Waals surface area contributed by atoms with Crippen molar-refractivity contribution in [2.45, 2.75) is 6.18 Å². The Labute approximate surface area is 123 Å². The summed E-state index contributed by atoms with van der Waals surface area (Å²) in [6, 6.07) is 5.73. The van der Waals surface area contributed by atoms with Crippen LogP contribution in [-0.2, 0) is 6.18 Å². The van der Waals surface area contributed by atoms with Crippen LogP contribution >= 0.6 is 11.6 Å². The van der Waals surface area contributed by atoms with Crippen molar-refractivity contribution >= 4 is 23.0 Å². The van der Waals surface area contributed by atoms with Gasteiger partial charge in [0.1, 0.15) is 11.0 Å². The quantitative estimate of drug-likeness (QED) is 0.638. The van der Waals surface area contributed by atoms with Crippen molar-refractivity contribution in [1.82, 2.24) is 4.98 Å². The number of halogens is 5. The average molecular weight is 317 g/mol. The minimum atomic E-state index is -4.76. The lowest BCUT2D eigenvalue weighted by molar-refractivity contribution is -0.140. The molecule has 0 unspecified atom stereocenters. The van der Waals surface area contributed by atoms with E-state index in [0.717, 1.165) is 6.07 Å². The van der Waals surface area contributed by atoms with E-state index in [4.69, 9.17) is 11.6 Å². The molecule has 0 aliphatic rings. The van der Waals surface area contributed by atoms with E-state index in [1.807, 2.05) is 0 Å². The number of aromatic nitrogens is 1. The second-order valence-corrected chi connectivity index (χ2v) is 4.55. The summed E-state index contributed by atoms with van der Waals surface area (Å²) in [5, 5.41) is 3.01. The van der Waals surface area contributed by atoms with Crippen LogP contribution in [0.4, 0.5) is 23.2 Å². The number of rotatable bonds is 3. The third-order valence-corrected chi connectivity index (χ3v) is 2.85. The fourth-order valence-electron chi connectivity index (χ4n) is 1.66. The Morgan fingerprint density at radius 3 is 2.52 bits per heavy atom. The van der Waals surface area contributed by atoms with Crippen LogP contribution in [0.5, 0.6) is 0 Å². The van der Waals surface area contributed by atoms with Gasteiger partial charge in [0.05, 0.1) is 5.56 Å². The van der Waals surface area contributed by atoms with Crippen LogP contribution in [0.25, 0.3) is 5.70 Å². The maximum Gasteiger partial charge on any atom is 0.419 e. The highest BCUT2D eigenvalue weighted by molar-refractivity contribution is 6.29. The molecule has 0 spiro atoms. The van der Waals surface area contributed by atoms with Crippen molar-refractivity contribution in [2.75, 3.05) is 5.32 Å². The van der Waals surface area contributed by atoms with Gasteiger partial charge in [0.2, 0.25) is 0 Å². The molecular weight excluding hydrogens is 308 g/mol. The number of nitrogens with zero attached hydrogens (tertiary/aromatic N) is 1. The van der Waals surface area contributed by atoms with Gasteiger partial charge in [0.15, 0.2) is 0 Å². The van der Waals surface area contributed by atoms with Crippen LogP contribution < -0.4 is 5.32 Å². The summed E-state index contributed by atoms with van der Waals surface area (Å²) in [6.45, 7) is 3.64. The number of alkyl halides is 3. The van der Waals surface area contributed by atoms with Crippen molar-refractivity contribution in [1.29, 1.82) is 0 Å². The second kappa shape index (κ2) is 5.73. The molecule has 0 fully saturated rings. The molecule has 1 aromatic carbocycles. The third kappa shape index (κ3) is 3.72. The molecule has 2 rings (SSSR count). The molecule has 2 aromatic rings. The predicted molar refractivity (Wildman–Crippen MR) is 73.3 cm³/mol. The smallest absolute Gasteiger partial charge is 0.355 e. The van der Waals surface area contributed by atoms with Crippen molar-refractivity contribution < 1.29 is 17.6 Å². The van der Waals surface area contributed by atoms with E-state index in [9.17, 15) is 17.6 Å². The van der Waals surface area contributed by atoms with E-state index in [1.165, 1.54) is 18.3 Å². The molecule has 0 aliphatic heterocycles.